The Morgan fingerprint density at radius 2 is 1.70 bits per heavy atom. The molecular formula is C17H22N2O3S. The van der Waals surface area contributed by atoms with E-state index in [0.29, 0.717) is 13.1 Å². The van der Waals surface area contributed by atoms with Crippen molar-refractivity contribution in [3.8, 4) is 11.3 Å². The zero-order valence-electron chi connectivity index (χ0n) is 13.7. The Labute approximate surface area is 137 Å². The Hall–Kier alpha value is -1.82. The number of anilines is 1. The van der Waals surface area contributed by atoms with E-state index in [1.54, 1.807) is 6.20 Å². The lowest BCUT2D eigenvalue weighted by atomic mass is 9.97. The van der Waals surface area contributed by atoms with Gasteiger partial charge in [-0.3, -0.25) is 0 Å². The van der Waals surface area contributed by atoms with Gasteiger partial charge in [-0.25, -0.2) is 13.4 Å². The molecule has 0 spiro atoms. The number of oxazole rings is 1. The fourth-order valence-electron chi connectivity index (χ4n) is 2.56. The molecule has 124 valence electrons. The fraction of sp³-hybridized carbons (Fsp3) is 0.471. The molecule has 0 unspecified atom stereocenters. The van der Waals surface area contributed by atoms with Crippen LogP contribution in [0, 0.1) is 0 Å². The van der Waals surface area contributed by atoms with Crippen LogP contribution in [0.4, 0.5) is 5.69 Å². The highest BCUT2D eigenvalue weighted by Gasteiger charge is 2.22. The molecule has 5 nitrogen and oxygen atoms in total. The molecule has 1 aliphatic heterocycles. The molecule has 23 heavy (non-hydrogen) atoms. The number of nitrogens with zero attached hydrogens (tertiary/aromatic N) is 2. The first-order valence-corrected chi connectivity index (χ1v) is 9.59. The van der Waals surface area contributed by atoms with E-state index in [-0.39, 0.29) is 16.9 Å². The normalized spacial score (nSPS) is 18.1. The molecule has 2 aromatic rings. The molecule has 0 amide bonds. The average Bonchev–Trinajstić information content (AvgIpc) is 2.97. The van der Waals surface area contributed by atoms with Crippen LogP contribution in [0.5, 0.6) is 0 Å². The van der Waals surface area contributed by atoms with Gasteiger partial charge in [0.15, 0.2) is 21.5 Å². The largest absolute Gasteiger partial charge is 0.440 e. The van der Waals surface area contributed by atoms with Gasteiger partial charge in [0.1, 0.15) is 0 Å². The molecule has 3 rings (SSSR count). The molecule has 2 heterocycles. The molecule has 0 bridgehead atoms. The van der Waals surface area contributed by atoms with Crippen LogP contribution < -0.4 is 4.90 Å². The lowest BCUT2D eigenvalue weighted by Crippen LogP contribution is -2.40. The van der Waals surface area contributed by atoms with Crippen molar-refractivity contribution in [2.45, 2.75) is 26.2 Å². The molecular weight excluding hydrogens is 312 g/mol. The van der Waals surface area contributed by atoms with Crippen LogP contribution in [0.1, 0.15) is 26.7 Å². The number of hydrogen-bond acceptors (Lipinski definition) is 5. The van der Waals surface area contributed by atoms with Crippen molar-refractivity contribution in [1.29, 1.82) is 0 Å². The van der Waals surface area contributed by atoms with Gasteiger partial charge in [0, 0.05) is 29.8 Å². The predicted octanol–water partition coefficient (Wildman–Crippen LogP) is 2.87. The molecule has 1 fully saturated rings. The molecule has 1 aromatic carbocycles. The molecule has 1 saturated heterocycles. The van der Waals surface area contributed by atoms with E-state index in [1.165, 1.54) is 0 Å². The summed E-state index contributed by atoms with van der Waals surface area (Å²) in [7, 11) is -2.85. The van der Waals surface area contributed by atoms with Crippen LogP contribution in [-0.4, -0.2) is 38.0 Å². The molecule has 1 aliphatic rings. The number of aromatic nitrogens is 1. The molecule has 0 saturated carbocycles. The predicted molar refractivity (Wildman–Crippen MR) is 91.5 cm³/mol. The Kier molecular flexibility index (Phi) is 3.96. The Morgan fingerprint density at radius 3 is 2.22 bits per heavy atom. The molecule has 6 heteroatoms. The standard InChI is InChI=1S/C17H22N2O3S/c1-17(2,3)16-18-12-15(22-16)13-4-6-14(7-5-13)19-8-10-23(20,21)11-9-19/h4-7,12H,8-11H2,1-3H3. The highest BCUT2D eigenvalue weighted by molar-refractivity contribution is 7.91. The maximum atomic E-state index is 11.5. The van der Waals surface area contributed by atoms with Crippen molar-refractivity contribution >= 4 is 15.5 Å². The zero-order valence-corrected chi connectivity index (χ0v) is 14.6. The van der Waals surface area contributed by atoms with Crippen molar-refractivity contribution in [3.05, 3.63) is 36.4 Å². The second kappa shape index (κ2) is 5.67. The Morgan fingerprint density at radius 1 is 1.09 bits per heavy atom. The summed E-state index contributed by atoms with van der Waals surface area (Å²) in [4.78, 5) is 6.45. The third-order valence-corrected chi connectivity index (χ3v) is 5.62. The average molecular weight is 334 g/mol. The van der Waals surface area contributed by atoms with E-state index >= 15 is 0 Å². The van der Waals surface area contributed by atoms with Gasteiger partial charge >= 0.3 is 0 Å². The van der Waals surface area contributed by atoms with Gasteiger partial charge in [-0.2, -0.15) is 0 Å². The van der Waals surface area contributed by atoms with E-state index in [0.717, 1.165) is 22.9 Å². The smallest absolute Gasteiger partial charge is 0.200 e. The maximum absolute atomic E-state index is 11.5. The van der Waals surface area contributed by atoms with Gasteiger partial charge in [0.25, 0.3) is 0 Å². The third kappa shape index (κ3) is 3.58. The van der Waals surface area contributed by atoms with Gasteiger partial charge in [0.2, 0.25) is 0 Å². The number of sulfone groups is 1. The summed E-state index contributed by atoms with van der Waals surface area (Å²) >= 11 is 0. The topological polar surface area (TPSA) is 63.4 Å². The minimum Gasteiger partial charge on any atom is -0.440 e. The summed E-state index contributed by atoms with van der Waals surface area (Å²) in [5, 5.41) is 0. The summed E-state index contributed by atoms with van der Waals surface area (Å²) in [6.45, 7) is 7.30. The van der Waals surface area contributed by atoms with Gasteiger partial charge < -0.3 is 9.32 Å². The van der Waals surface area contributed by atoms with Crippen LogP contribution in [0.3, 0.4) is 0 Å². The number of hydrogen-bond donors (Lipinski definition) is 0. The number of rotatable bonds is 2. The first kappa shape index (κ1) is 16.1. The van der Waals surface area contributed by atoms with Crippen molar-refractivity contribution in [2.75, 3.05) is 29.5 Å². The Bertz CT molecular complexity index is 772. The molecule has 0 aliphatic carbocycles. The van der Waals surface area contributed by atoms with Gasteiger partial charge in [-0.1, -0.05) is 20.8 Å². The first-order chi connectivity index (χ1) is 10.7. The van der Waals surface area contributed by atoms with Crippen LogP contribution in [-0.2, 0) is 15.3 Å². The summed E-state index contributed by atoms with van der Waals surface area (Å²) in [6.07, 6.45) is 1.75. The highest BCUT2D eigenvalue weighted by atomic mass is 32.2. The Balaban J connectivity index is 1.76. The first-order valence-electron chi connectivity index (χ1n) is 7.77. The quantitative estimate of drug-likeness (QED) is 0.845. The minimum atomic E-state index is -2.85. The summed E-state index contributed by atoms with van der Waals surface area (Å²) in [5.41, 5.74) is 1.90. The lowest BCUT2D eigenvalue weighted by molar-refractivity contribution is 0.399. The summed E-state index contributed by atoms with van der Waals surface area (Å²) in [6, 6.07) is 8.00. The highest BCUT2D eigenvalue weighted by Crippen LogP contribution is 2.28. The SMILES string of the molecule is CC(C)(C)c1ncc(-c2ccc(N3CCS(=O)(=O)CC3)cc2)o1. The van der Waals surface area contributed by atoms with Gasteiger partial charge in [0.05, 0.1) is 17.7 Å². The van der Waals surface area contributed by atoms with Crippen LogP contribution in [0.2, 0.25) is 0 Å². The van der Waals surface area contributed by atoms with Gasteiger partial charge in [-0.05, 0) is 24.3 Å². The van der Waals surface area contributed by atoms with Gasteiger partial charge in [-0.15, -0.1) is 0 Å². The van der Waals surface area contributed by atoms with E-state index < -0.39 is 9.84 Å². The molecule has 0 atom stereocenters. The van der Waals surface area contributed by atoms with E-state index in [2.05, 4.69) is 30.7 Å². The number of benzene rings is 1. The maximum Gasteiger partial charge on any atom is 0.200 e. The van der Waals surface area contributed by atoms with Crippen molar-refractivity contribution in [1.82, 2.24) is 4.98 Å². The molecule has 0 radical (unpaired) electrons. The van der Waals surface area contributed by atoms with Crippen molar-refractivity contribution in [3.63, 3.8) is 0 Å². The fourth-order valence-corrected chi connectivity index (χ4v) is 3.76. The van der Waals surface area contributed by atoms with E-state index in [1.807, 2.05) is 24.3 Å². The second-order valence-corrected chi connectivity index (χ2v) is 9.27. The summed E-state index contributed by atoms with van der Waals surface area (Å²) < 4.78 is 28.9. The van der Waals surface area contributed by atoms with Crippen LogP contribution in [0.25, 0.3) is 11.3 Å². The second-order valence-electron chi connectivity index (χ2n) is 6.97. The van der Waals surface area contributed by atoms with Crippen molar-refractivity contribution < 1.29 is 12.8 Å². The van der Waals surface area contributed by atoms with E-state index in [9.17, 15) is 8.42 Å². The zero-order chi connectivity index (χ0) is 16.7. The van der Waals surface area contributed by atoms with Crippen LogP contribution >= 0.6 is 0 Å². The monoisotopic (exact) mass is 334 g/mol. The molecule has 0 N–H and O–H groups in total. The van der Waals surface area contributed by atoms with Crippen LogP contribution in [0.15, 0.2) is 34.9 Å². The van der Waals surface area contributed by atoms with E-state index in [4.69, 9.17) is 4.42 Å². The molecule has 1 aromatic heterocycles. The lowest BCUT2D eigenvalue weighted by Gasteiger charge is -2.28. The minimum absolute atomic E-state index is 0.114. The van der Waals surface area contributed by atoms with Crippen molar-refractivity contribution in [2.24, 2.45) is 0 Å². The summed E-state index contributed by atoms with van der Waals surface area (Å²) in [5.74, 6) is 1.93. The third-order valence-electron chi connectivity index (χ3n) is 4.01.